The van der Waals surface area contributed by atoms with Crippen molar-refractivity contribution in [3.8, 4) is 0 Å². The van der Waals surface area contributed by atoms with Crippen molar-refractivity contribution in [3.05, 3.63) is 70.2 Å². The number of hydrogen-bond acceptors (Lipinski definition) is 3. The number of carbonyl (C=O) groups is 3. The van der Waals surface area contributed by atoms with Crippen LogP contribution in [0.1, 0.15) is 34.3 Å². The highest BCUT2D eigenvalue weighted by molar-refractivity contribution is 6.30. The maximum Gasteiger partial charge on any atom is 0.325 e. The number of likely N-dealkylation sites (tertiary alicyclic amines) is 1. The van der Waals surface area contributed by atoms with Gasteiger partial charge in [-0.15, -0.1) is 0 Å². The molecule has 2 aliphatic heterocycles. The predicted octanol–water partition coefficient (Wildman–Crippen LogP) is 3.38. The number of benzene rings is 2. The van der Waals surface area contributed by atoms with E-state index >= 15 is 0 Å². The molecule has 0 radical (unpaired) electrons. The Morgan fingerprint density at radius 3 is 2.48 bits per heavy atom. The molecule has 6 nitrogen and oxygen atoms in total. The van der Waals surface area contributed by atoms with E-state index in [-0.39, 0.29) is 24.9 Å². The first-order valence-corrected chi connectivity index (χ1v) is 10.0. The molecule has 0 saturated carbocycles. The molecule has 4 rings (SSSR count). The van der Waals surface area contributed by atoms with E-state index in [0.717, 1.165) is 11.1 Å². The fraction of sp³-hybridized carbons (Fsp3) is 0.318. The predicted molar refractivity (Wildman–Crippen MR) is 110 cm³/mol. The van der Waals surface area contributed by atoms with Crippen LogP contribution in [-0.2, 0) is 11.3 Å². The van der Waals surface area contributed by atoms with Gasteiger partial charge in [-0.3, -0.25) is 14.5 Å². The van der Waals surface area contributed by atoms with Crippen LogP contribution in [0, 0.1) is 6.92 Å². The Labute approximate surface area is 174 Å². The lowest BCUT2D eigenvalue weighted by Crippen LogP contribution is -2.59. The molecule has 4 amide bonds. The van der Waals surface area contributed by atoms with Crippen LogP contribution in [0.3, 0.4) is 0 Å². The molecule has 1 atom stereocenters. The maximum absolute atomic E-state index is 13.2. The topological polar surface area (TPSA) is 69.7 Å². The van der Waals surface area contributed by atoms with Gasteiger partial charge in [-0.1, -0.05) is 41.4 Å². The molecule has 2 fully saturated rings. The summed E-state index contributed by atoms with van der Waals surface area (Å²) in [5.41, 5.74) is 1.43. The number of hydrogen-bond donors (Lipinski definition) is 1. The lowest BCUT2D eigenvalue weighted by molar-refractivity contribution is -0.133. The van der Waals surface area contributed by atoms with Crippen LogP contribution < -0.4 is 5.32 Å². The molecule has 2 heterocycles. The minimum absolute atomic E-state index is 0.123. The SMILES string of the molecule is Cc1ccc(C(=O)N2CCC[C@]3(C2)NC(=O)N(Cc2ccc(Cl)cc2)C3=O)cc1. The fourth-order valence-electron chi connectivity index (χ4n) is 3.98. The number of nitrogens with one attached hydrogen (secondary N) is 1. The third-order valence-corrected chi connectivity index (χ3v) is 5.83. The van der Waals surface area contributed by atoms with E-state index in [9.17, 15) is 14.4 Å². The molecule has 29 heavy (non-hydrogen) atoms. The van der Waals surface area contributed by atoms with Crippen LogP contribution >= 0.6 is 11.6 Å². The van der Waals surface area contributed by atoms with Crippen molar-refractivity contribution in [1.82, 2.24) is 15.1 Å². The van der Waals surface area contributed by atoms with Crippen molar-refractivity contribution in [2.75, 3.05) is 13.1 Å². The number of rotatable bonds is 3. The number of carbonyl (C=O) groups excluding carboxylic acids is 3. The number of nitrogens with zero attached hydrogens (tertiary/aromatic N) is 2. The number of amides is 4. The highest BCUT2D eigenvalue weighted by Gasteiger charge is 2.53. The molecule has 0 aromatic heterocycles. The minimum Gasteiger partial charge on any atom is -0.336 e. The highest BCUT2D eigenvalue weighted by atomic mass is 35.5. The zero-order valence-electron chi connectivity index (χ0n) is 16.2. The maximum atomic E-state index is 13.2. The molecule has 2 aromatic rings. The first-order chi connectivity index (χ1) is 13.9. The average molecular weight is 412 g/mol. The van der Waals surface area contributed by atoms with Crippen LogP contribution in [0.2, 0.25) is 5.02 Å². The number of urea groups is 1. The fourth-order valence-corrected chi connectivity index (χ4v) is 4.10. The molecule has 2 saturated heterocycles. The molecule has 2 aromatic carbocycles. The van der Waals surface area contributed by atoms with E-state index in [0.29, 0.717) is 30.0 Å². The summed E-state index contributed by atoms with van der Waals surface area (Å²) in [5.74, 6) is -0.402. The largest absolute Gasteiger partial charge is 0.336 e. The first kappa shape index (κ1) is 19.5. The van der Waals surface area contributed by atoms with Crippen molar-refractivity contribution < 1.29 is 14.4 Å². The van der Waals surface area contributed by atoms with Crippen LogP contribution in [-0.4, -0.2) is 46.3 Å². The quantitative estimate of drug-likeness (QED) is 0.787. The second kappa shape index (κ2) is 7.52. The molecule has 0 aliphatic carbocycles. The van der Waals surface area contributed by atoms with E-state index in [1.807, 2.05) is 19.1 Å². The van der Waals surface area contributed by atoms with Crippen molar-refractivity contribution in [1.29, 1.82) is 0 Å². The van der Waals surface area contributed by atoms with Gasteiger partial charge < -0.3 is 10.2 Å². The van der Waals surface area contributed by atoms with Gasteiger partial charge in [0, 0.05) is 17.1 Å². The third kappa shape index (κ3) is 3.72. The smallest absolute Gasteiger partial charge is 0.325 e. The summed E-state index contributed by atoms with van der Waals surface area (Å²) in [6.45, 7) is 2.89. The van der Waals surface area contributed by atoms with Crippen molar-refractivity contribution in [2.24, 2.45) is 0 Å². The molecule has 150 valence electrons. The number of halogens is 1. The number of imide groups is 1. The molecule has 0 unspecified atom stereocenters. The Kier molecular flexibility index (Phi) is 5.04. The molecule has 2 aliphatic rings. The first-order valence-electron chi connectivity index (χ1n) is 9.62. The summed E-state index contributed by atoms with van der Waals surface area (Å²) >= 11 is 5.91. The van der Waals surface area contributed by atoms with Gasteiger partial charge in [0.15, 0.2) is 0 Å². The summed E-state index contributed by atoms with van der Waals surface area (Å²) in [4.78, 5) is 41.6. The van der Waals surface area contributed by atoms with Gasteiger partial charge in [-0.25, -0.2) is 4.79 Å². The summed E-state index contributed by atoms with van der Waals surface area (Å²) in [7, 11) is 0. The Hall–Kier alpha value is -2.86. The van der Waals surface area contributed by atoms with Crippen molar-refractivity contribution in [3.63, 3.8) is 0 Å². The van der Waals surface area contributed by atoms with Gasteiger partial charge in [0.2, 0.25) is 0 Å². The monoisotopic (exact) mass is 411 g/mol. The second-order valence-electron chi connectivity index (χ2n) is 7.73. The minimum atomic E-state index is -1.05. The van der Waals surface area contributed by atoms with Gasteiger partial charge in [0.1, 0.15) is 5.54 Å². The average Bonchev–Trinajstić information content (AvgIpc) is 2.93. The van der Waals surface area contributed by atoms with Crippen LogP contribution in [0.4, 0.5) is 4.79 Å². The van der Waals surface area contributed by atoms with E-state index in [4.69, 9.17) is 11.6 Å². The van der Waals surface area contributed by atoms with Gasteiger partial charge in [-0.2, -0.15) is 0 Å². The van der Waals surface area contributed by atoms with Gasteiger partial charge in [0.25, 0.3) is 11.8 Å². The zero-order valence-corrected chi connectivity index (χ0v) is 16.9. The van der Waals surface area contributed by atoms with E-state index in [2.05, 4.69) is 5.32 Å². The highest BCUT2D eigenvalue weighted by Crippen LogP contribution is 2.30. The lowest BCUT2D eigenvalue weighted by atomic mass is 9.88. The van der Waals surface area contributed by atoms with E-state index in [1.54, 1.807) is 41.3 Å². The Bertz CT molecular complexity index is 958. The van der Waals surface area contributed by atoms with Gasteiger partial charge >= 0.3 is 6.03 Å². The number of piperidine rings is 1. The molecule has 1 spiro atoms. The van der Waals surface area contributed by atoms with Crippen molar-refractivity contribution >= 4 is 29.4 Å². The lowest BCUT2D eigenvalue weighted by Gasteiger charge is -2.38. The number of aryl methyl sites for hydroxylation is 1. The Balaban J connectivity index is 1.52. The summed E-state index contributed by atoms with van der Waals surface area (Å²) in [6, 6.07) is 14.0. The van der Waals surface area contributed by atoms with Crippen LogP contribution in [0.15, 0.2) is 48.5 Å². The summed E-state index contributed by atoms with van der Waals surface area (Å²) in [6.07, 6.45) is 1.17. The zero-order chi connectivity index (χ0) is 20.6. The summed E-state index contributed by atoms with van der Waals surface area (Å²) in [5, 5.41) is 3.46. The van der Waals surface area contributed by atoms with Gasteiger partial charge in [0.05, 0.1) is 13.1 Å². The second-order valence-corrected chi connectivity index (χ2v) is 8.16. The summed E-state index contributed by atoms with van der Waals surface area (Å²) < 4.78 is 0. The van der Waals surface area contributed by atoms with E-state index < -0.39 is 11.6 Å². The molecule has 0 bridgehead atoms. The molecule has 7 heteroatoms. The third-order valence-electron chi connectivity index (χ3n) is 5.58. The molecule has 1 N–H and O–H groups in total. The van der Waals surface area contributed by atoms with Crippen LogP contribution in [0.5, 0.6) is 0 Å². The van der Waals surface area contributed by atoms with E-state index in [1.165, 1.54) is 4.90 Å². The van der Waals surface area contributed by atoms with Gasteiger partial charge in [-0.05, 0) is 49.6 Å². The Morgan fingerprint density at radius 1 is 1.10 bits per heavy atom. The molecular weight excluding hydrogens is 390 g/mol. The molecular formula is C22H22ClN3O3. The normalized spacial score (nSPS) is 21.6. The Morgan fingerprint density at radius 2 is 1.79 bits per heavy atom. The van der Waals surface area contributed by atoms with Crippen LogP contribution in [0.25, 0.3) is 0 Å². The standard InChI is InChI=1S/C22H22ClN3O3/c1-15-3-7-17(8-4-15)19(27)25-12-2-11-22(14-25)20(28)26(21(29)24-22)13-16-5-9-18(23)10-6-16/h3-10H,2,11-14H2,1H3,(H,24,29)/t22-/m1/s1. The van der Waals surface area contributed by atoms with Crippen molar-refractivity contribution in [2.45, 2.75) is 31.8 Å².